The minimum absolute atomic E-state index is 0.602. The molecule has 288 valence electrons. The Morgan fingerprint density at radius 2 is 0.839 bits per heavy atom. The first-order valence-corrected chi connectivity index (χ1v) is 21.7. The predicted octanol–water partition coefficient (Wildman–Crippen LogP) is 15.9. The summed E-state index contributed by atoms with van der Waals surface area (Å²) in [6, 6.07) is 71.1. The normalized spacial score (nSPS) is 11.9. The molecule has 62 heavy (non-hydrogen) atoms. The molecule has 0 saturated heterocycles. The fraction of sp³-hybridized carbons (Fsp3) is 0. The van der Waals surface area contributed by atoms with Crippen molar-refractivity contribution in [2.24, 2.45) is 0 Å². The third-order valence-corrected chi connectivity index (χ3v) is 13.5. The zero-order chi connectivity index (χ0) is 40.7. The van der Waals surface area contributed by atoms with Gasteiger partial charge in [0.25, 0.3) is 0 Å². The highest BCUT2D eigenvalue weighted by atomic mass is 32.1. The lowest BCUT2D eigenvalue weighted by molar-refractivity contribution is 0.669. The number of para-hydroxylation sites is 1. The third-order valence-electron chi connectivity index (χ3n) is 12.3. The van der Waals surface area contributed by atoms with Gasteiger partial charge in [0.2, 0.25) is 0 Å². The molecule has 0 spiro atoms. The summed E-state index contributed by atoms with van der Waals surface area (Å²) in [5.41, 5.74) is 9.07. The Balaban J connectivity index is 0.962. The molecule has 10 aromatic carbocycles. The number of thiophene rings is 1. The van der Waals surface area contributed by atoms with Crippen LogP contribution in [0.5, 0.6) is 0 Å². The number of furan rings is 1. The van der Waals surface area contributed by atoms with Crippen molar-refractivity contribution in [3.63, 3.8) is 0 Å². The highest BCUT2D eigenvalue weighted by Gasteiger charge is 2.19. The minimum Gasteiger partial charge on any atom is -0.456 e. The van der Waals surface area contributed by atoms with Gasteiger partial charge in [-0.15, -0.1) is 11.3 Å². The van der Waals surface area contributed by atoms with Crippen LogP contribution in [-0.2, 0) is 0 Å². The van der Waals surface area contributed by atoms with Crippen molar-refractivity contribution in [2.45, 2.75) is 0 Å². The molecule has 0 aliphatic rings. The first kappa shape index (κ1) is 34.8. The molecular weight excluding hydrogens is 775 g/mol. The van der Waals surface area contributed by atoms with E-state index < -0.39 is 0 Å². The van der Waals surface area contributed by atoms with E-state index in [0.29, 0.717) is 17.5 Å². The second-order valence-corrected chi connectivity index (χ2v) is 17.0. The van der Waals surface area contributed by atoms with Crippen LogP contribution in [0.25, 0.3) is 131 Å². The predicted molar refractivity (Wildman–Crippen MR) is 260 cm³/mol. The number of benzene rings is 10. The van der Waals surface area contributed by atoms with Crippen LogP contribution in [0.2, 0.25) is 0 Å². The van der Waals surface area contributed by atoms with Crippen molar-refractivity contribution in [1.29, 1.82) is 0 Å². The van der Waals surface area contributed by atoms with Gasteiger partial charge >= 0.3 is 0 Å². The van der Waals surface area contributed by atoms with E-state index in [4.69, 9.17) is 19.4 Å². The van der Waals surface area contributed by atoms with E-state index in [1.807, 2.05) is 72.0 Å². The van der Waals surface area contributed by atoms with Crippen molar-refractivity contribution < 1.29 is 4.42 Å². The molecule has 0 fully saturated rings. The molecule has 0 saturated carbocycles. The smallest absolute Gasteiger partial charge is 0.164 e. The van der Waals surface area contributed by atoms with E-state index in [9.17, 15) is 0 Å². The number of nitrogens with zero attached hydrogens (tertiary/aromatic N) is 3. The number of rotatable bonds is 5. The Labute approximate surface area is 360 Å². The second-order valence-electron chi connectivity index (χ2n) is 15.9. The zero-order valence-corrected chi connectivity index (χ0v) is 34.0. The summed E-state index contributed by atoms with van der Waals surface area (Å²) in [6.45, 7) is 0. The molecule has 0 atom stereocenters. The number of fused-ring (bicyclic) bond motifs is 12. The van der Waals surface area contributed by atoms with Gasteiger partial charge in [-0.25, -0.2) is 15.0 Å². The average molecular weight is 808 g/mol. The van der Waals surface area contributed by atoms with Gasteiger partial charge in [-0.05, 0) is 97.0 Å². The van der Waals surface area contributed by atoms with Crippen molar-refractivity contribution in [2.75, 3.05) is 0 Å². The number of hydrogen-bond donors (Lipinski definition) is 0. The molecule has 0 radical (unpaired) electrons. The van der Waals surface area contributed by atoms with Crippen LogP contribution in [0.15, 0.2) is 205 Å². The maximum absolute atomic E-state index is 6.28. The quantitative estimate of drug-likeness (QED) is 0.163. The molecule has 3 aromatic heterocycles. The highest BCUT2D eigenvalue weighted by molar-refractivity contribution is 7.26. The van der Waals surface area contributed by atoms with E-state index in [0.717, 1.165) is 44.2 Å². The summed E-state index contributed by atoms with van der Waals surface area (Å²) in [7, 11) is 0. The van der Waals surface area contributed by atoms with Crippen LogP contribution in [0.1, 0.15) is 0 Å². The van der Waals surface area contributed by atoms with Gasteiger partial charge in [0.1, 0.15) is 11.2 Å². The van der Waals surface area contributed by atoms with E-state index >= 15 is 0 Å². The molecule has 0 bridgehead atoms. The zero-order valence-electron chi connectivity index (χ0n) is 33.2. The lowest BCUT2D eigenvalue weighted by atomic mass is 9.91. The van der Waals surface area contributed by atoms with Crippen molar-refractivity contribution in [3.05, 3.63) is 200 Å². The lowest BCUT2D eigenvalue weighted by Crippen LogP contribution is -2.00. The third kappa shape index (κ3) is 5.49. The Kier molecular flexibility index (Phi) is 7.74. The summed E-state index contributed by atoms with van der Waals surface area (Å²) in [5, 5.41) is 12.2. The van der Waals surface area contributed by atoms with Gasteiger partial charge in [-0.2, -0.15) is 0 Å². The highest BCUT2D eigenvalue weighted by Crippen LogP contribution is 2.44. The molecule has 0 aliphatic heterocycles. The molecule has 0 amide bonds. The van der Waals surface area contributed by atoms with Crippen LogP contribution in [-0.4, -0.2) is 15.0 Å². The van der Waals surface area contributed by atoms with Crippen molar-refractivity contribution >= 4 is 85.8 Å². The lowest BCUT2D eigenvalue weighted by Gasteiger charge is -2.12. The van der Waals surface area contributed by atoms with E-state index in [-0.39, 0.29) is 0 Å². The van der Waals surface area contributed by atoms with E-state index in [1.165, 1.54) is 69.2 Å². The van der Waals surface area contributed by atoms with Gasteiger partial charge in [-0.3, -0.25) is 0 Å². The van der Waals surface area contributed by atoms with Gasteiger partial charge in [0, 0.05) is 47.6 Å². The first-order chi connectivity index (χ1) is 30.7. The van der Waals surface area contributed by atoms with Gasteiger partial charge in [0.15, 0.2) is 17.5 Å². The summed E-state index contributed by atoms with van der Waals surface area (Å²) in [4.78, 5) is 15.4. The number of hydrogen-bond acceptors (Lipinski definition) is 5. The summed E-state index contributed by atoms with van der Waals surface area (Å²) < 4.78 is 8.80. The monoisotopic (exact) mass is 807 g/mol. The Morgan fingerprint density at radius 1 is 0.290 bits per heavy atom. The van der Waals surface area contributed by atoms with Crippen LogP contribution >= 0.6 is 11.3 Å². The average Bonchev–Trinajstić information content (AvgIpc) is 3.92. The Hall–Kier alpha value is -7.99. The van der Waals surface area contributed by atoms with Crippen LogP contribution in [0.3, 0.4) is 0 Å². The second kappa shape index (κ2) is 13.8. The minimum atomic E-state index is 0.602. The topological polar surface area (TPSA) is 51.8 Å². The largest absolute Gasteiger partial charge is 0.456 e. The SMILES string of the molecule is c1ccc(-c2nc(-c3cccc(-c4cccc5sc6ccc(-c7ccc8c9ccccc9c9ccccc9c8c7)cc6c45)c3)nc(-c3cccc4oc5ccccc5c34)n2)cc1. The Bertz CT molecular complexity index is 3910. The maximum Gasteiger partial charge on any atom is 0.164 e. The molecular formula is C57H33N3OS. The van der Waals surface area contributed by atoms with Crippen LogP contribution in [0.4, 0.5) is 0 Å². The molecule has 13 aromatic rings. The van der Waals surface area contributed by atoms with Crippen molar-refractivity contribution in [1.82, 2.24) is 15.0 Å². The summed E-state index contributed by atoms with van der Waals surface area (Å²) in [6.07, 6.45) is 0. The fourth-order valence-electron chi connectivity index (χ4n) is 9.46. The molecule has 5 heteroatoms. The van der Waals surface area contributed by atoms with Crippen LogP contribution in [0, 0.1) is 0 Å². The van der Waals surface area contributed by atoms with Crippen LogP contribution < -0.4 is 0 Å². The van der Waals surface area contributed by atoms with Gasteiger partial charge < -0.3 is 4.42 Å². The molecule has 4 nitrogen and oxygen atoms in total. The van der Waals surface area contributed by atoms with E-state index in [1.54, 1.807) is 0 Å². The van der Waals surface area contributed by atoms with E-state index in [2.05, 4.69) is 140 Å². The summed E-state index contributed by atoms with van der Waals surface area (Å²) in [5.74, 6) is 1.83. The summed E-state index contributed by atoms with van der Waals surface area (Å²) >= 11 is 1.84. The molecule has 0 unspecified atom stereocenters. The fourth-order valence-corrected chi connectivity index (χ4v) is 10.6. The number of aromatic nitrogens is 3. The van der Waals surface area contributed by atoms with Gasteiger partial charge in [0.05, 0.1) is 0 Å². The standard InChI is InChI=1S/C57H33N3OS/c1-2-13-34(14-3-1)55-58-56(60-57(59-55)46-23-11-25-50-53(46)45-21-8-9-24-49(45)61-50)38-16-10-15-37(31-38)39-22-12-26-52-54(39)48-33-36(28-30-51(48)62-52)35-27-29-44-42-19-5-4-17-40(42)41-18-6-7-20-43(41)47(44)32-35/h1-33H. The molecule has 3 heterocycles. The molecule has 0 N–H and O–H groups in total. The maximum atomic E-state index is 6.28. The first-order valence-electron chi connectivity index (χ1n) is 20.8. The Morgan fingerprint density at radius 3 is 1.63 bits per heavy atom. The molecule has 0 aliphatic carbocycles. The molecule has 13 rings (SSSR count). The van der Waals surface area contributed by atoms with Crippen molar-refractivity contribution in [3.8, 4) is 56.4 Å². The van der Waals surface area contributed by atoms with Gasteiger partial charge in [-0.1, -0.05) is 158 Å².